The molecule has 2 aromatic carbocycles. The maximum atomic E-state index is 12.8. The molecule has 3 N–H and O–H groups in total. The van der Waals surface area contributed by atoms with Crippen molar-refractivity contribution in [2.75, 3.05) is 18.5 Å². The van der Waals surface area contributed by atoms with Crippen molar-refractivity contribution < 1.29 is 29.0 Å². The quantitative estimate of drug-likeness (QED) is 0.498. The number of fused-ring (bicyclic) bond motifs is 3. The first-order valence-electron chi connectivity index (χ1n) is 11.2. The summed E-state index contributed by atoms with van der Waals surface area (Å²) in [5, 5.41) is 18.4. The van der Waals surface area contributed by atoms with Gasteiger partial charge in [0, 0.05) is 19.6 Å². The number of nitrogens with zero attached hydrogens (tertiary/aromatic N) is 2. The van der Waals surface area contributed by atoms with Gasteiger partial charge in [0.15, 0.2) is 6.10 Å². The Morgan fingerprint density at radius 1 is 1.11 bits per heavy atom. The number of alkyl carbamates (subject to hydrolysis) is 1. The Hall–Kier alpha value is -4.18. The first-order chi connectivity index (χ1) is 16.9. The Morgan fingerprint density at radius 2 is 1.77 bits per heavy atom. The highest BCUT2D eigenvalue weighted by atomic mass is 16.6. The minimum atomic E-state index is -1.21. The second kappa shape index (κ2) is 9.22. The first-order valence-corrected chi connectivity index (χ1v) is 11.2. The molecule has 0 bridgehead atoms. The van der Waals surface area contributed by atoms with Crippen molar-refractivity contribution >= 4 is 23.8 Å². The van der Waals surface area contributed by atoms with Crippen LogP contribution in [0.15, 0.2) is 54.7 Å². The van der Waals surface area contributed by atoms with Crippen molar-refractivity contribution in [2.24, 2.45) is 7.05 Å². The van der Waals surface area contributed by atoms with Crippen molar-refractivity contribution in [3.63, 3.8) is 0 Å². The van der Waals surface area contributed by atoms with E-state index in [0.717, 1.165) is 28.5 Å². The van der Waals surface area contributed by atoms with Gasteiger partial charge in [-0.05, 0) is 28.7 Å². The molecule has 1 aromatic heterocycles. The molecule has 2 amide bonds. The largest absolute Gasteiger partial charge is 0.477 e. The van der Waals surface area contributed by atoms with Gasteiger partial charge >= 0.3 is 12.1 Å². The van der Waals surface area contributed by atoms with Crippen molar-refractivity contribution in [1.29, 1.82) is 0 Å². The van der Waals surface area contributed by atoms with Crippen LogP contribution >= 0.6 is 0 Å². The number of aromatic carboxylic acids is 1. The predicted molar refractivity (Wildman–Crippen MR) is 125 cm³/mol. The second-order valence-electron chi connectivity index (χ2n) is 8.48. The van der Waals surface area contributed by atoms with Crippen LogP contribution < -0.4 is 10.6 Å². The van der Waals surface area contributed by atoms with Crippen LogP contribution in [0.5, 0.6) is 0 Å². The predicted octanol–water partition coefficient (Wildman–Crippen LogP) is 2.75. The lowest BCUT2D eigenvalue weighted by atomic mass is 9.98. The highest BCUT2D eigenvalue weighted by Gasteiger charge is 2.37. The van der Waals surface area contributed by atoms with Gasteiger partial charge in [-0.1, -0.05) is 48.5 Å². The number of hydrogen-bond acceptors (Lipinski definition) is 6. The van der Waals surface area contributed by atoms with Crippen LogP contribution in [0.1, 0.15) is 33.8 Å². The topological polar surface area (TPSA) is 132 Å². The van der Waals surface area contributed by atoms with Crippen LogP contribution in [0.2, 0.25) is 0 Å². The van der Waals surface area contributed by atoms with Gasteiger partial charge in [0.2, 0.25) is 0 Å². The van der Waals surface area contributed by atoms with Crippen LogP contribution in [-0.4, -0.2) is 58.2 Å². The van der Waals surface area contributed by atoms with Crippen LogP contribution in [-0.2, 0) is 21.3 Å². The third-order valence-electron chi connectivity index (χ3n) is 6.41. The molecule has 1 fully saturated rings. The zero-order chi connectivity index (χ0) is 24.5. The van der Waals surface area contributed by atoms with Crippen LogP contribution in [0.25, 0.3) is 11.1 Å². The van der Waals surface area contributed by atoms with Crippen LogP contribution in [0, 0.1) is 0 Å². The highest BCUT2D eigenvalue weighted by molar-refractivity contribution is 6.01. The lowest BCUT2D eigenvalue weighted by molar-refractivity contribution is -0.125. The van der Waals surface area contributed by atoms with Crippen molar-refractivity contribution in [3.8, 4) is 11.1 Å². The number of benzene rings is 2. The molecule has 5 rings (SSSR count). The summed E-state index contributed by atoms with van der Waals surface area (Å²) in [6, 6.07) is 15.5. The fraction of sp³-hybridized carbons (Fsp3) is 0.280. The Kier molecular flexibility index (Phi) is 5.96. The monoisotopic (exact) mass is 476 g/mol. The van der Waals surface area contributed by atoms with Gasteiger partial charge in [0.1, 0.15) is 18.0 Å². The molecule has 10 heteroatoms. The van der Waals surface area contributed by atoms with E-state index in [2.05, 4.69) is 27.9 Å². The van der Waals surface area contributed by atoms with Crippen molar-refractivity contribution in [3.05, 3.63) is 71.4 Å². The smallest absolute Gasteiger partial charge is 0.407 e. The molecule has 2 aliphatic rings. The number of nitrogens with one attached hydrogen (secondary N) is 2. The molecule has 3 aromatic rings. The highest BCUT2D eigenvalue weighted by Crippen LogP contribution is 2.44. The number of hydrogen-bond donors (Lipinski definition) is 3. The number of rotatable bonds is 6. The van der Waals surface area contributed by atoms with Gasteiger partial charge in [-0.15, -0.1) is 0 Å². The second-order valence-corrected chi connectivity index (χ2v) is 8.48. The minimum Gasteiger partial charge on any atom is -0.477 e. The van der Waals surface area contributed by atoms with Crippen LogP contribution in [0.3, 0.4) is 0 Å². The van der Waals surface area contributed by atoms with Crippen LogP contribution in [0.4, 0.5) is 10.6 Å². The van der Waals surface area contributed by atoms with Gasteiger partial charge in [0.05, 0.1) is 12.2 Å². The first kappa shape index (κ1) is 22.6. The summed E-state index contributed by atoms with van der Waals surface area (Å²) in [5.74, 6) is -1.82. The van der Waals surface area contributed by atoms with Gasteiger partial charge in [-0.25, -0.2) is 9.59 Å². The maximum absolute atomic E-state index is 12.8. The fourth-order valence-electron chi connectivity index (χ4n) is 4.72. The number of carboxylic acids is 1. The van der Waals surface area contributed by atoms with E-state index in [9.17, 15) is 19.5 Å². The summed E-state index contributed by atoms with van der Waals surface area (Å²) in [5.41, 5.74) is 4.34. The average Bonchev–Trinajstić information content (AvgIpc) is 3.54. The molecule has 2 heterocycles. The summed E-state index contributed by atoms with van der Waals surface area (Å²) in [4.78, 5) is 36.8. The number of aryl methyl sites for hydroxylation is 1. The lowest BCUT2D eigenvalue weighted by Crippen LogP contribution is -2.46. The normalized spacial score (nSPS) is 18.5. The van der Waals surface area contributed by atoms with Crippen molar-refractivity contribution in [1.82, 2.24) is 15.1 Å². The Labute approximate surface area is 200 Å². The molecule has 2 atom stereocenters. The van der Waals surface area contributed by atoms with E-state index in [4.69, 9.17) is 9.47 Å². The molecule has 1 aliphatic carbocycles. The van der Waals surface area contributed by atoms with E-state index >= 15 is 0 Å². The fourth-order valence-corrected chi connectivity index (χ4v) is 4.72. The molecule has 1 aliphatic heterocycles. The average molecular weight is 476 g/mol. The molecule has 180 valence electrons. The number of carbonyl (C=O) groups is 3. The van der Waals surface area contributed by atoms with E-state index in [1.54, 1.807) is 0 Å². The van der Waals surface area contributed by atoms with E-state index < -0.39 is 30.1 Å². The number of ether oxygens (including phenoxy) is 2. The molecule has 0 saturated carbocycles. The van der Waals surface area contributed by atoms with Gasteiger partial charge in [-0.2, -0.15) is 5.10 Å². The molecule has 1 saturated heterocycles. The van der Waals surface area contributed by atoms with E-state index in [1.807, 2.05) is 36.4 Å². The molecule has 2 unspecified atom stereocenters. The van der Waals surface area contributed by atoms with E-state index in [1.165, 1.54) is 11.7 Å². The SMILES string of the molecule is Cn1ncc(C(=O)O)c1NC(=O)C1OCCC1NC(=O)OCC1c2ccccc2-c2ccccc21. The molecule has 10 nitrogen and oxygen atoms in total. The molecular weight excluding hydrogens is 452 g/mol. The number of carbonyl (C=O) groups excluding carboxylic acids is 2. The third-order valence-corrected chi connectivity index (χ3v) is 6.41. The molecule has 0 radical (unpaired) electrons. The summed E-state index contributed by atoms with van der Waals surface area (Å²) >= 11 is 0. The van der Waals surface area contributed by atoms with Gasteiger partial charge in [-0.3, -0.25) is 9.48 Å². The molecular formula is C25H24N4O6. The summed E-state index contributed by atoms with van der Waals surface area (Å²) in [6.45, 7) is 0.422. The lowest BCUT2D eigenvalue weighted by Gasteiger charge is -2.20. The van der Waals surface area contributed by atoms with Gasteiger partial charge in [0.25, 0.3) is 5.91 Å². The summed E-state index contributed by atoms with van der Waals surface area (Å²) < 4.78 is 12.4. The number of anilines is 1. The van der Waals surface area contributed by atoms with E-state index in [0.29, 0.717) is 6.42 Å². The Balaban J connectivity index is 1.22. The van der Waals surface area contributed by atoms with E-state index in [-0.39, 0.29) is 30.5 Å². The zero-order valence-corrected chi connectivity index (χ0v) is 18.9. The van der Waals surface area contributed by atoms with Gasteiger partial charge < -0.3 is 25.2 Å². The summed E-state index contributed by atoms with van der Waals surface area (Å²) in [7, 11) is 1.52. The number of amides is 2. The standard InChI is InChI=1S/C25H24N4O6/c1-29-22(18(12-26-29)24(31)32)28-23(30)21-20(10-11-34-21)27-25(33)35-13-19-16-8-4-2-6-14(16)15-7-3-5-9-17(15)19/h2-9,12,19-21H,10-11,13H2,1H3,(H,27,33)(H,28,30)(H,31,32). The minimum absolute atomic E-state index is 0.0397. The molecule has 35 heavy (non-hydrogen) atoms. The Bertz CT molecular complexity index is 1260. The zero-order valence-electron chi connectivity index (χ0n) is 18.9. The summed E-state index contributed by atoms with van der Waals surface area (Å²) in [6.07, 6.45) is -0.0711. The number of carboxylic acid groups (broad SMARTS) is 1. The van der Waals surface area contributed by atoms with Crippen molar-refractivity contribution in [2.45, 2.75) is 24.5 Å². The maximum Gasteiger partial charge on any atom is 0.407 e. The third kappa shape index (κ3) is 4.24. The molecule has 0 spiro atoms. The Morgan fingerprint density at radius 3 is 2.43 bits per heavy atom. The number of aromatic nitrogens is 2.